The second-order valence-corrected chi connectivity index (χ2v) is 14.9. The Hall–Kier alpha value is -4.48. The Morgan fingerprint density at radius 1 is 0.870 bits per heavy atom. The summed E-state index contributed by atoms with van der Waals surface area (Å²) in [6, 6.07) is 23.6. The molecule has 5 rings (SSSR count). The number of amides is 3. The lowest BCUT2D eigenvalue weighted by Gasteiger charge is -2.31. The van der Waals surface area contributed by atoms with Crippen LogP contribution in [0.2, 0.25) is 0 Å². The van der Waals surface area contributed by atoms with Crippen LogP contribution < -0.4 is 16.0 Å². The summed E-state index contributed by atoms with van der Waals surface area (Å²) in [6.07, 6.45) is 2.26. The lowest BCUT2D eigenvalue weighted by Crippen LogP contribution is -2.38. The molecule has 0 spiro atoms. The molecule has 46 heavy (non-hydrogen) atoms. The van der Waals surface area contributed by atoms with Gasteiger partial charge >= 0.3 is 6.03 Å². The first kappa shape index (κ1) is 32.9. The van der Waals surface area contributed by atoms with Crippen LogP contribution in [-0.2, 0) is 26.7 Å². The van der Waals surface area contributed by atoms with Crippen LogP contribution in [0.25, 0.3) is 5.69 Å². The maximum Gasteiger partial charge on any atom is 0.324 e. The van der Waals surface area contributed by atoms with Gasteiger partial charge in [-0.15, -0.1) is 0 Å². The van der Waals surface area contributed by atoms with Gasteiger partial charge in [0.2, 0.25) is 15.9 Å². The third-order valence-corrected chi connectivity index (χ3v) is 10.0. The highest BCUT2D eigenvalue weighted by Crippen LogP contribution is 2.29. The van der Waals surface area contributed by atoms with Crippen LogP contribution in [0.1, 0.15) is 57.4 Å². The molecule has 1 aromatic heterocycles. The van der Waals surface area contributed by atoms with Crippen LogP contribution in [0.5, 0.6) is 0 Å². The molecule has 3 amide bonds. The highest BCUT2D eigenvalue weighted by molar-refractivity contribution is 7.89. The number of urea groups is 1. The molecule has 0 radical (unpaired) electrons. The first-order valence-corrected chi connectivity index (χ1v) is 16.9. The van der Waals surface area contributed by atoms with Gasteiger partial charge < -0.3 is 10.6 Å². The Morgan fingerprint density at radius 3 is 2.17 bits per heavy atom. The van der Waals surface area contributed by atoms with Crippen molar-refractivity contribution in [3.63, 3.8) is 0 Å². The molecule has 1 aliphatic rings. The largest absolute Gasteiger partial charge is 0.326 e. The minimum Gasteiger partial charge on any atom is -0.326 e. The Bertz CT molecular complexity index is 1800. The number of benzene rings is 3. The zero-order valence-corrected chi connectivity index (χ0v) is 27.8. The van der Waals surface area contributed by atoms with Crippen molar-refractivity contribution in [3.05, 3.63) is 95.7 Å². The fraction of sp³-hybridized carbons (Fsp3) is 0.343. The number of nitrogens with zero attached hydrogens (tertiary/aromatic N) is 3. The molecule has 0 aliphatic carbocycles. The van der Waals surface area contributed by atoms with E-state index in [0.717, 1.165) is 41.8 Å². The van der Waals surface area contributed by atoms with Gasteiger partial charge in [0.1, 0.15) is 5.82 Å². The molecule has 3 N–H and O–H groups in total. The molecule has 11 heteroatoms. The van der Waals surface area contributed by atoms with Gasteiger partial charge in [0.15, 0.2) is 0 Å². The van der Waals surface area contributed by atoms with E-state index in [4.69, 9.17) is 5.10 Å². The summed E-state index contributed by atoms with van der Waals surface area (Å²) in [6.45, 7) is 10.6. The molecule has 242 valence electrons. The van der Waals surface area contributed by atoms with E-state index in [1.54, 1.807) is 16.8 Å². The number of rotatable bonds is 8. The molecule has 1 fully saturated rings. The number of hydrogen-bond donors (Lipinski definition) is 3. The SMILES string of the molecule is CC(=O)Nc1ccc(S(=O)(=O)N2CCC(Cc3cccc(NC(=O)Nc4cc(C(C)(C)C)nn4-c4ccc(C)cc4)c3)CC2)cc1. The van der Waals surface area contributed by atoms with Crippen LogP contribution in [0, 0.1) is 12.8 Å². The van der Waals surface area contributed by atoms with Gasteiger partial charge in [0.25, 0.3) is 0 Å². The number of aryl methyl sites for hydroxylation is 1. The van der Waals surface area contributed by atoms with Crippen LogP contribution in [0.4, 0.5) is 22.0 Å². The normalized spacial score (nSPS) is 14.5. The minimum atomic E-state index is -3.62. The number of hydrogen-bond acceptors (Lipinski definition) is 5. The summed E-state index contributed by atoms with van der Waals surface area (Å²) in [7, 11) is -3.62. The van der Waals surface area contributed by atoms with Crippen molar-refractivity contribution in [3.8, 4) is 5.69 Å². The van der Waals surface area contributed by atoms with E-state index < -0.39 is 10.0 Å². The Labute approximate surface area is 271 Å². The van der Waals surface area contributed by atoms with Gasteiger partial charge in [-0.1, -0.05) is 50.6 Å². The van der Waals surface area contributed by atoms with Gasteiger partial charge in [0.05, 0.1) is 16.3 Å². The summed E-state index contributed by atoms with van der Waals surface area (Å²) in [5.74, 6) is 0.684. The second kappa shape index (κ2) is 13.5. The molecule has 1 aliphatic heterocycles. The molecule has 0 bridgehead atoms. The van der Waals surface area contributed by atoms with Crippen molar-refractivity contribution < 1.29 is 18.0 Å². The zero-order valence-electron chi connectivity index (χ0n) is 27.0. The maximum atomic E-state index is 13.2. The van der Waals surface area contributed by atoms with E-state index in [1.165, 1.54) is 23.4 Å². The number of aromatic nitrogens is 2. The lowest BCUT2D eigenvalue weighted by molar-refractivity contribution is -0.114. The van der Waals surface area contributed by atoms with Crippen LogP contribution >= 0.6 is 0 Å². The highest BCUT2D eigenvalue weighted by Gasteiger charge is 2.29. The molecule has 2 heterocycles. The molecular weight excluding hydrogens is 600 g/mol. The highest BCUT2D eigenvalue weighted by atomic mass is 32.2. The topological polar surface area (TPSA) is 125 Å². The van der Waals surface area contributed by atoms with Gasteiger partial charge in [-0.2, -0.15) is 9.40 Å². The van der Waals surface area contributed by atoms with Crippen molar-refractivity contribution in [1.82, 2.24) is 14.1 Å². The summed E-state index contributed by atoms with van der Waals surface area (Å²) >= 11 is 0. The van der Waals surface area contributed by atoms with Gasteiger partial charge in [-0.25, -0.2) is 17.9 Å². The standard InChI is InChI=1S/C35H42N6O4S/c1-24-9-13-30(14-10-24)41-33(23-32(39-41)35(3,4)5)38-34(43)37-29-8-6-7-27(22-29)21-26-17-19-40(20-18-26)46(44,45)31-15-11-28(12-16-31)36-25(2)42/h6-16,22-23,26H,17-21H2,1-5H3,(H,36,42)(H2,37,38,43). The summed E-state index contributed by atoms with van der Waals surface area (Å²) in [5.41, 5.74) is 4.98. The number of carbonyl (C=O) groups excluding carboxylic acids is 2. The first-order chi connectivity index (χ1) is 21.8. The molecule has 10 nitrogen and oxygen atoms in total. The summed E-state index contributed by atoms with van der Waals surface area (Å²) in [4.78, 5) is 24.6. The fourth-order valence-corrected chi connectivity index (χ4v) is 6.99. The summed E-state index contributed by atoms with van der Waals surface area (Å²) < 4.78 is 29.7. The average molecular weight is 643 g/mol. The van der Waals surface area contributed by atoms with Crippen molar-refractivity contribution in [2.24, 2.45) is 5.92 Å². The van der Waals surface area contributed by atoms with Gasteiger partial charge in [0, 0.05) is 42.9 Å². The Morgan fingerprint density at radius 2 is 1.54 bits per heavy atom. The van der Waals surface area contributed by atoms with E-state index in [0.29, 0.717) is 36.2 Å². The number of nitrogens with one attached hydrogen (secondary N) is 3. The van der Waals surface area contributed by atoms with E-state index in [9.17, 15) is 18.0 Å². The lowest BCUT2D eigenvalue weighted by atomic mass is 9.91. The fourth-order valence-electron chi connectivity index (χ4n) is 5.52. The van der Waals surface area contributed by atoms with E-state index in [2.05, 4.69) is 36.7 Å². The van der Waals surface area contributed by atoms with Crippen molar-refractivity contribution in [2.45, 2.75) is 64.2 Å². The maximum absolute atomic E-state index is 13.2. The van der Waals surface area contributed by atoms with Gasteiger partial charge in [-0.3, -0.25) is 10.1 Å². The Kier molecular flexibility index (Phi) is 9.64. The minimum absolute atomic E-state index is 0.197. The smallest absolute Gasteiger partial charge is 0.324 e. The molecule has 0 atom stereocenters. The van der Waals surface area contributed by atoms with Crippen molar-refractivity contribution in [2.75, 3.05) is 29.0 Å². The Balaban J connectivity index is 1.19. The van der Waals surface area contributed by atoms with Crippen molar-refractivity contribution >= 4 is 39.2 Å². The number of anilines is 3. The third kappa shape index (κ3) is 8.02. The van der Waals surface area contributed by atoms with E-state index in [-0.39, 0.29) is 22.2 Å². The van der Waals surface area contributed by atoms with Crippen LogP contribution in [0.3, 0.4) is 0 Å². The molecule has 4 aromatic rings. The number of carbonyl (C=O) groups is 2. The van der Waals surface area contributed by atoms with Gasteiger partial charge in [-0.05, 0) is 86.2 Å². The number of sulfonamides is 1. The molecule has 1 saturated heterocycles. The molecule has 0 unspecified atom stereocenters. The van der Waals surface area contributed by atoms with Crippen molar-refractivity contribution in [1.29, 1.82) is 0 Å². The molecular formula is C35H42N6O4S. The van der Waals surface area contributed by atoms with E-state index in [1.807, 2.05) is 61.5 Å². The van der Waals surface area contributed by atoms with Crippen LogP contribution in [-0.4, -0.2) is 47.5 Å². The zero-order chi connectivity index (χ0) is 33.1. The first-order valence-electron chi connectivity index (χ1n) is 15.5. The van der Waals surface area contributed by atoms with E-state index >= 15 is 0 Å². The monoisotopic (exact) mass is 642 g/mol. The van der Waals surface area contributed by atoms with Crippen LogP contribution in [0.15, 0.2) is 83.8 Å². The summed E-state index contributed by atoms with van der Waals surface area (Å²) in [5, 5.41) is 13.4. The predicted molar refractivity (Wildman–Crippen MR) is 182 cm³/mol. The molecule has 3 aromatic carbocycles. The second-order valence-electron chi connectivity index (χ2n) is 12.9. The number of piperidine rings is 1. The third-order valence-electron chi connectivity index (χ3n) is 8.09. The average Bonchev–Trinajstić information content (AvgIpc) is 3.42. The molecule has 0 saturated carbocycles. The quantitative estimate of drug-likeness (QED) is 0.197. The predicted octanol–water partition coefficient (Wildman–Crippen LogP) is 6.72.